The van der Waals surface area contributed by atoms with Crippen molar-refractivity contribution in [2.45, 2.75) is 52.1 Å². The lowest BCUT2D eigenvalue weighted by molar-refractivity contribution is -0.135. The zero-order chi connectivity index (χ0) is 14.9. The number of benzene rings is 1. The van der Waals surface area contributed by atoms with Gasteiger partial charge in [-0.1, -0.05) is 44.5 Å². The van der Waals surface area contributed by atoms with Gasteiger partial charge in [0.05, 0.1) is 6.04 Å². The molecule has 1 aromatic carbocycles. The van der Waals surface area contributed by atoms with E-state index < -0.39 is 0 Å². The van der Waals surface area contributed by atoms with E-state index in [4.69, 9.17) is 0 Å². The number of halogens is 1. The molecule has 0 bridgehead atoms. The SMILES string of the molecule is CCC1(C)CCN(C(=O)C2Cc3ccccc3CN2)CC1.Cl. The summed E-state index contributed by atoms with van der Waals surface area (Å²) in [5.41, 5.74) is 3.09. The molecule has 2 aliphatic rings. The number of amides is 1. The van der Waals surface area contributed by atoms with Crippen molar-refractivity contribution < 1.29 is 4.79 Å². The van der Waals surface area contributed by atoms with E-state index in [0.717, 1.165) is 38.9 Å². The van der Waals surface area contributed by atoms with Crippen molar-refractivity contribution in [3.63, 3.8) is 0 Å². The molecule has 122 valence electrons. The van der Waals surface area contributed by atoms with Crippen LogP contribution in [0.3, 0.4) is 0 Å². The first kappa shape index (κ1) is 17.3. The van der Waals surface area contributed by atoms with Crippen molar-refractivity contribution in [2.75, 3.05) is 13.1 Å². The molecule has 0 aliphatic carbocycles. The number of carbonyl (C=O) groups is 1. The zero-order valence-electron chi connectivity index (χ0n) is 13.6. The Bertz CT molecular complexity index is 524. The van der Waals surface area contributed by atoms with Crippen LogP contribution in [0, 0.1) is 5.41 Å². The second kappa shape index (κ2) is 7.01. The summed E-state index contributed by atoms with van der Waals surface area (Å²) in [6, 6.07) is 8.40. The Morgan fingerprint density at radius 1 is 1.27 bits per heavy atom. The van der Waals surface area contributed by atoms with Gasteiger partial charge in [-0.25, -0.2) is 0 Å². The molecular formula is C18H27ClN2O. The lowest BCUT2D eigenvalue weighted by Crippen LogP contribution is -2.52. The second-order valence-electron chi connectivity index (χ2n) is 6.90. The van der Waals surface area contributed by atoms with Crippen molar-refractivity contribution in [3.05, 3.63) is 35.4 Å². The van der Waals surface area contributed by atoms with Crippen LogP contribution in [-0.4, -0.2) is 29.9 Å². The molecule has 0 aromatic heterocycles. The summed E-state index contributed by atoms with van der Waals surface area (Å²) in [5.74, 6) is 0.294. The molecule has 0 saturated carbocycles. The average Bonchev–Trinajstić information content (AvgIpc) is 2.54. The van der Waals surface area contributed by atoms with E-state index in [-0.39, 0.29) is 18.4 Å². The molecule has 2 heterocycles. The molecule has 1 atom stereocenters. The maximum Gasteiger partial charge on any atom is 0.240 e. The van der Waals surface area contributed by atoms with Gasteiger partial charge in [-0.3, -0.25) is 4.79 Å². The molecular weight excluding hydrogens is 296 g/mol. The maximum absolute atomic E-state index is 12.7. The van der Waals surface area contributed by atoms with Crippen LogP contribution in [0.5, 0.6) is 0 Å². The highest BCUT2D eigenvalue weighted by Crippen LogP contribution is 2.34. The first-order valence-corrected chi connectivity index (χ1v) is 8.20. The zero-order valence-corrected chi connectivity index (χ0v) is 14.4. The monoisotopic (exact) mass is 322 g/mol. The number of fused-ring (bicyclic) bond motifs is 1. The van der Waals surface area contributed by atoms with Gasteiger partial charge in [-0.15, -0.1) is 12.4 Å². The van der Waals surface area contributed by atoms with Gasteiger partial charge in [0.15, 0.2) is 0 Å². The van der Waals surface area contributed by atoms with Crippen LogP contribution in [0.15, 0.2) is 24.3 Å². The van der Waals surface area contributed by atoms with Gasteiger partial charge < -0.3 is 10.2 Å². The topological polar surface area (TPSA) is 32.3 Å². The summed E-state index contributed by atoms with van der Waals surface area (Å²) < 4.78 is 0. The third-order valence-corrected chi connectivity index (χ3v) is 5.52. The van der Waals surface area contributed by atoms with Crippen molar-refractivity contribution in [2.24, 2.45) is 5.41 Å². The Kier molecular flexibility index (Phi) is 5.51. The van der Waals surface area contributed by atoms with E-state index in [9.17, 15) is 4.79 Å². The molecule has 1 fully saturated rings. The molecule has 3 rings (SSSR count). The number of likely N-dealkylation sites (tertiary alicyclic amines) is 1. The summed E-state index contributed by atoms with van der Waals surface area (Å²) in [5, 5.41) is 3.42. The van der Waals surface area contributed by atoms with Gasteiger partial charge in [0, 0.05) is 19.6 Å². The maximum atomic E-state index is 12.7. The van der Waals surface area contributed by atoms with Gasteiger partial charge in [0.2, 0.25) is 5.91 Å². The summed E-state index contributed by atoms with van der Waals surface area (Å²) in [6.07, 6.45) is 4.32. The second-order valence-corrected chi connectivity index (χ2v) is 6.90. The standard InChI is InChI=1S/C18H26N2O.ClH/c1-3-18(2)8-10-20(11-9-18)17(21)16-12-14-6-4-5-7-15(14)13-19-16;/h4-7,16,19H,3,8-13H2,1-2H3;1H. The first-order valence-electron chi connectivity index (χ1n) is 8.20. The number of rotatable bonds is 2. The minimum Gasteiger partial charge on any atom is -0.341 e. The lowest BCUT2D eigenvalue weighted by Gasteiger charge is -2.40. The Morgan fingerprint density at radius 2 is 1.91 bits per heavy atom. The predicted octanol–water partition coefficient (Wildman–Crippen LogP) is 3.16. The van der Waals surface area contributed by atoms with Crippen LogP contribution < -0.4 is 5.32 Å². The highest BCUT2D eigenvalue weighted by Gasteiger charge is 2.33. The van der Waals surface area contributed by atoms with Crippen LogP contribution in [0.1, 0.15) is 44.2 Å². The molecule has 22 heavy (non-hydrogen) atoms. The fourth-order valence-corrected chi connectivity index (χ4v) is 3.47. The Balaban J connectivity index is 0.00000176. The Hall–Kier alpha value is -1.06. The molecule has 1 aromatic rings. The summed E-state index contributed by atoms with van der Waals surface area (Å²) in [6.45, 7) is 7.26. The Labute approximate surface area is 139 Å². The van der Waals surface area contributed by atoms with Crippen LogP contribution in [0.4, 0.5) is 0 Å². The number of nitrogens with one attached hydrogen (secondary N) is 1. The molecule has 1 N–H and O–H groups in total. The lowest BCUT2D eigenvalue weighted by atomic mass is 9.78. The number of hydrogen-bond acceptors (Lipinski definition) is 2. The van der Waals surface area contributed by atoms with E-state index in [1.54, 1.807) is 0 Å². The van der Waals surface area contributed by atoms with Gasteiger partial charge in [-0.2, -0.15) is 0 Å². The highest BCUT2D eigenvalue weighted by atomic mass is 35.5. The van der Waals surface area contributed by atoms with E-state index in [1.807, 2.05) is 0 Å². The van der Waals surface area contributed by atoms with E-state index in [1.165, 1.54) is 17.5 Å². The van der Waals surface area contributed by atoms with Gasteiger partial charge >= 0.3 is 0 Å². The Morgan fingerprint density at radius 3 is 2.55 bits per heavy atom. The van der Waals surface area contributed by atoms with Crippen LogP contribution in [0.25, 0.3) is 0 Å². The minimum atomic E-state index is -0.0362. The smallest absolute Gasteiger partial charge is 0.240 e. The van der Waals surface area contributed by atoms with Crippen LogP contribution in [-0.2, 0) is 17.8 Å². The minimum absolute atomic E-state index is 0. The van der Waals surface area contributed by atoms with Crippen molar-refractivity contribution in [1.82, 2.24) is 10.2 Å². The average molecular weight is 323 g/mol. The van der Waals surface area contributed by atoms with Crippen LogP contribution >= 0.6 is 12.4 Å². The number of carbonyl (C=O) groups excluding carboxylic acids is 1. The van der Waals surface area contributed by atoms with Crippen molar-refractivity contribution in [1.29, 1.82) is 0 Å². The molecule has 0 radical (unpaired) electrons. The van der Waals surface area contributed by atoms with Crippen molar-refractivity contribution >= 4 is 18.3 Å². The number of nitrogens with zero attached hydrogens (tertiary/aromatic N) is 1. The molecule has 4 heteroatoms. The third-order valence-electron chi connectivity index (χ3n) is 5.52. The van der Waals surface area contributed by atoms with Gasteiger partial charge in [0.25, 0.3) is 0 Å². The van der Waals surface area contributed by atoms with Crippen LogP contribution in [0.2, 0.25) is 0 Å². The fraction of sp³-hybridized carbons (Fsp3) is 0.611. The van der Waals surface area contributed by atoms with E-state index in [0.29, 0.717) is 11.3 Å². The molecule has 1 amide bonds. The van der Waals surface area contributed by atoms with Gasteiger partial charge in [0.1, 0.15) is 0 Å². The van der Waals surface area contributed by atoms with E-state index >= 15 is 0 Å². The molecule has 1 unspecified atom stereocenters. The van der Waals surface area contributed by atoms with Gasteiger partial charge in [-0.05, 0) is 35.8 Å². The predicted molar refractivity (Wildman–Crippen MR) is 92.2 cm³/mol. The molecule has 1 saturated heterocycles. The highest BCUT2D eigenvalue weighted by molar-refractivity contribution is 5.85. The quantitative estimate of drug-likeness (QED) is 0.907. The largest absolute Gasteiger partial charge is 0.341 e. The summed E-state index contributed by atoms with van der Waals surface area (Å²) >= 11 is 0. The number of hydrogen-bond donors (Lipinski definition) is 1. The normalized spacial score (nSPS) is 23.4. The van der Waals surface area contributed by atoms with Crippen molar-refractivity contribution in [3.8, 4) is 0 Å². The first-order chi connectivity index (χ1) is 10.1. The molecule has 3 nitrogen and oxygen atoms in total. The third kappa shape index (κ3) is 3.47. The fourth-order valence-electron chi connectivity index (χ4n) is 3.47. The summed E-state index contributed by atoms with van der Waals surface area (Å²) in [4.78, 5) is 14.8. The molecule has 0 spiro atoms. The molecule has 2 aliphatic heterocycles. The number of piperidine rings is 1. The van der Waals surface area contributed by atoms with E-state index in [2.05, 4.69) is 48.3 Å². The summed E-state index contributed by atoms with van der Waals surface area (Å²) in [7, 11) is 0.